The van der Waals surface area contributed by atoms with Gasteiger partial charge < -0.3 is 10.1 Å². The van der Waals surface area contributed by atoms with Crippen LogP contribution in [0, 0.1) is 6.92 Å². The van der Waals surface area contributed by atoms with Gasteiger partial charge >= 0.3 is 0 Å². The molecule has 1 N–H and O–H groups in total. The Kier molecular flexibility index (Phi) is 6.19. The summed E-state index contributed by atoms with van der Waals surface area (Å²) in [6.07, 6.45) is 1.88. The molecule has 3 rings (SSSR count). The van der Waals surface area contributed by atoms with Crippen LogP contribution in [0.25, 0.3) is 0 Å². The Balaban J connectivity index is 1.63. The Labute approximate surface area is 152 Å². The third-order valence-corrected chi connectivity index (χ3v) is 6.84. The van der Waals surface area contributed by atoms with E-state index in [1.54, 1.807) is 11.3 Å². The first kappa shape index (κ1) is 18.5. The molecule has 0 aliphatic carbocycles. The Morgan fingerprint density at radius 3 is 2.60 bits per heavy atom. The summed E-state index contributed by atoms with van der Waals surface area (Å²) in [6.45, 7) is 5.16. The predicted molar refractivity (Wildman–Crippen MR) is 98.9 cm³/mol. The van der Waals surface area contributed by atoms with Crippen LogP contribution in [-0.2, 0) is 33.6 Å². The lowest BCUT2D eigenvalue weighted by Crippen LogP contribution is -2.41. The lowest BCUT2D eigenvalue weighted by molar-refractivity contribution is 0.0729. The number of nitrogens with one attached hydrogen (secondary N) is 1. The van der Waals surface area contributed by atoms with Gasteiger partial charge in [0.1, 0.15) is 0 Å². The largest absolute Gasteiger partial charge is 0.379 e. The van der Waals surface area contributed by atoms with Gasteiger partial charge in [-0.05, 0) is 18.1 Å². The maximum atomic E-state index is 12.6. The van der Waals surface area contributed by atoms with E-state index in [2.05, 4.69) is 10.3 Å². The van der Waals surface area contributed by atoms with Crippen molar-refractivity contribution in [1.82, 2.24) is 14.6 Å². The van der Waals surface area contributed by atoms with E-state index < -0.39 is 10.0 Å². The van der Waals surface area contributed by atoms with Gasteiger partial charge in [0, 0.05) is 37.3 Å². The van der Waals surface area contributed by atoms with Gasteiger partial charge in [0.05, 0.1) is 24.0 Å². The molecule has 1 aliphatic heterocycles. The van der Waals surface area contributed by atoms with Crippen molar-refractivity contribution in [2.75, 3.05) is 26.3 Å². The topological polar surface area (TPSA) is 71.5 Å². The number of aromatic nitrogens is 1. The second-order valence-electron chi connectivity index (χ2n) is 5.99. The van der Waals surface area contributed by atoms with Crippen molar-refractivity contribution in [2.24, 2.45) is 0 Å². The van der Waals surface area contributed by atoms with Crippen LogP contribution in [0.15, 0.2) is 30.5 Å². The average molecular weight is 382 g/mol. The van der Waals surface area contributed by atoms with Gasteiger partial charge in [-0.25, -0.2) is 13.4 Å². The SMILES string of the molecule is Cc1ncc(CNCc2ccccc2CS(=O)(=O)N2CCOCC2)s1. The summed E-state index contributed by atoms with van der Waals surface area (Å²) in [5.41, 5.74) is 1.86. The van der Waals surface area contributed by atoms with Crippen molar-refractivity contribution >= 4 is 21.4 Å². The number of hydrogen-bond donors (Lipinski definition) is 1. The zero-order valence-corrected chi connectivity index (χ0v) is 15.9. The molecule has 0 atom stereocenters. The summed E-state index contributed by atoms with van der Waals surface area (Å²) in [6, 6.07) is 7.71. The maximum absolute atomic E-state index is 12.6. The molecule has 2 heterocycles. The molecule has 25 heavy (non-hydrogen) atoms. The predicted octanol–water partition coefficient (Wildman–Crippen LogP) is 1.90. The first-order chi connectivity index (χ1) is 12.0. The number of morpholine rings is 1. The highest BCUT2D eigenvalue weighted by Gasteiger charge is 2.25. The number of ether oxygens (including phenoxy) is 1. The van der Waals surface area contributed by atoms with Crippen molar-refractivity contribution < 1.29 is 13.2 Å². The summed E-state index contributed by atoms with van der Waals surface area (Å²) in [5, 5.41) is 4.43. The first-order valence-corrected chi connectivity index (χ1v) is 10.7. The molecule has 1 saturated heterocycles. The molecule has 1 aliphatic rings. The van der Waals surface area contributed by atoms with E-state index in [4.69, 9.17) is 4.74 Å². The number of rotatable bonds is 7. The van der Waals surface area contributed by atoms with Gasteiger partial charge in [0.25, 0.3) is 0 Å². The molecule has 136 valence electrons. The minimum atomic E-state index is -3.32. The third kappa shape index (κ3) is 5.08. The highest BCUT2D eigenvalue weighted by Crippen LogP contribution is 2.17. The average Bonchev–Trinajstić information content (AvgIpc) is 3.02. The van der Waals surface area contributed by atoms with Crippen LogP contribution < -0.4 is 5.32 Å². The fourth-order valence-electron chi connectivity index (χ4n) is 2.79. The summed E-state index contributed by atoms with van der Waals surface area (Å²) >= 11 is 1.67. The van der Waals surface area contributed by atoms with Crippen molar-refractivity contribution in [1.29, 1.82) is 0 Å². The number of aryl methyl sites for hydroxylation is 1. The normalized spacial score (nSPS) is 16.2. The number of thiazole rings is 1. The Morgan fingerprint density at radius 2 is 1.92 bits per heavy atom. The van der Waals surface area contributed by atoms with Crippen molar-refractivity contribution in [3.8, 4) is 0 Å². The van der Waals surface area contributed by atoms with Crippen molar-refractivity contribution in [3.63, 3.8) is 0 Å². The number of benzene rings is 1. The van der Waals surface area contributed by atoms with Crippen LogP contribution in [0.2, 0.25) is 0 Å². The number of nitrogens with zero attached hydrogens (tertiary/aromatic N) is 2. The van der Waals surface area contributed by atoms with Crippen LogP contribution in [0.4, 0.5) is 0 Å². The van der Waals surface area contributed by atoms with E-state index >= 15 is 0 Å². The minimum absolute atomic E-state index is 0.0323. The Bertz CT molecular complexity index is 799. The molecule has 6 nitrogen and oxygen atoms in total. The Hall–Kier alpha value is -1.32. The fraction of sp³-hybridized carbons (Fsp3) is 0.471. The molecule has 0 amide bonds. The van der Waals surface area contributed by atoms with Gasteiger partial charge in [0.15, 0.2) is 0 Å². The van der Waals surface area contributed by atoms with E-state index in [0.29, 0.717) is 32.8 Å². The molecule has 0 radical (unpaired) electrons. The number of sulfonamides is 1. The van der Waals surface area contributed by atoms with Crippen LogP contribution in [0.3, 0.4) is 0 Å². The standard InChI is InChI=1S/C17H23N3O3S2/c1-14-19-12-17(24-14)11-18-10-15-4-2-3-5-16(15)13-25(21,22)20-6-8-23-9-7-20/h2-5,12,18H,6-11,13H2,1H3. The molecular weight excluding hydrogens is 358 g/mol. The molecule has 2 aromatic rings. The molecular formula is C17H23N3O3S2. The van der Waals surface area contributed by atoms with Gasteiger partial charge in [0.2, 0.25) is 10.0 Å². The number of hydrogen-bond acceptors (Lipinski definition) is 6. The van der Waals surface area contributed by atoms with Crippen LogP contribution >= 0.6 is 11.3 Å². The summed E-state index contributed by atoms with van der Waals surface area (Å²) in [7, 11) is -3.32. The van der Waals surface area contributed by atoms with E-state index in [0.717, 1.165) is 22.7 Å². The lowest BCUT2D eigenvalue weighted by Gasteiger charge is -2.26. The maximum Gasteiger partial charge on any atom is 0.218 e. The van der Waals surface area contributed by atoms with E-state index in [1.807, 2.05) is 37.4 Å². The van der Waals surface area contributed by atoms with Crippen molar-refractivity contribution in [2.45, 2.75) is 25.8 Å². The van der Waals surface area contributed by atoms with Gasteiger partial charge in [-0.15, -0.1) is 11.3 Å². The zero-order chi connectivity index (χ0) is 17.7. The highest BCUT2D eigenvalue weighted by molar-refractivity contribution is 7.88. The second kappa shape index (κ2) is 8.37. The quantitative estimate of drug-likeness (QED) is 0.793. The molecule has 8 heteroatoms. The molecule has 0 saturated carbocycles. The smallest absolute Gasteiger partial charge is 0.218 e. The van der Waals surface area contributed by atoms with Gasteiger partial charge in [-0.3, -0.25) is 0 Å². The molecule has 0 bridgehead atoms. The molecule has 1 fully saturated rings. The Morgan fingerprint density at radius 1 is 1.20 bits per heavy atom. The van der Waals surface area contributed by atoms with E-state index in [-0.39, 0.29) is 5.75 Å². The molecule has 1 aromatic heterocycles. The molecule has 0 unspecified atom stereocenters. The van der Waals surface area contributed by atoms with E-state index in [9.17, 15) is 8.42 Å². The summed E-state index contributed by atoms with van der Waals surface area (Å²) < 4.78 is 32.1. The monoisotopic (exact) mass is 381 g/mol. The summed E-state index contributed by atoms with van der Waals surface area (Å²) in [4.78, 5) is 5.42. The van der Waals surface area contributed by atoms with Crippen LogP contribution in [-0.4, -0.2) is 44.0 Å². The summed E-state index contributed by atoms with van der Waals surface area (Å²) in [5.74, 6) is 0.0323. The highest BCUT2D eigenvalue weighted by atomic mass is 32.2. The van der Waals surface area contributed by atoms with Crippen molar-refractivity contribution in [3.05, 3.63) is 51.5 Å². The second-order valence-corrected chi connectivity index (χ2v) is 9.27. The third-order valence-electron chi connectivity index (χ3n) is 4.10. The van der Waals surface area contributed by atoms with Crippen LogP contribution in [0.5, 0.6) is 0 Å². The van der Waals surface area contributed by atoms with Gasteiger partial charge in [-0.2, -0.15) is 4.31 Å². The fourth-order valence-corrected chi connectivity index (χ4v) is 5.12. The van der Waals surface area contributed by atoms with Gasteiger partial charge in [-0.1, -0.05) is 24.3 Å². The lowest BCUT2D eigenvalue weighted by atomic mass is 10.1. The molecule has 1 aromatic carbocycles. The molecule has 0 spiro atoms. The van der Waals surface area contributed by atoms with E-state index in [1.165, 1.54) is 9.18 Å². The zero-order valence-electron chi connectivity index (χ0n) is 14.3. The minimum Gasteiger partial charge on any atom is -0.379 e. The first-order valence-electron chi connectivity index (χ1n) is 8.29. The van der Waals surface area contributed by atoms with Crippen LogP contribution in [0.1, 0.15) is 21.0 Å².